The zero-order valence-corrected chi connectivity index (χ0v) is 9.79. The van der Waals surface area contributed by atoms with E-state index >= 15 is 0 Å². The molecule has 1 heterocycles. The quantitative estimate of drug-likeness (QED) is 0.763. The van der Waals surface area contributed by atoms with Crippen molar-refractivity contribution in [3.8, 4) is 0 Å². The maximum Gasteiger partial charge on any atom is 0.195 e. The minimum atomic E-state index is 0.106. The molecule has 1 N–H and O–H groups in total. The Morgan fingerprint density at radius 3 is 2.31 bits per heavy atom. The van der Waals surface area contributed by atoms with Crippen LogP contribution in [-0.4, -0.2) is 10.8 Å². The molecule has 16 heavy (non-hydrogen) atoms. The third-order valence-electron chi connectivity index (χ3n) is 2.89. The molecule has 0 radical (unpaired) electrons. The van der Waals surface area contributed by atoms with Crippen molar-refractivity contribution in [3.63, 3.8) is 0 Å². The first-order valence-corrected chi connectivity index (χ1v) is 5.36. The van der Waals surface area contributed by atoms with E-state index in [1.54, 1.807) is 0 Å². The van der Waals surface area contributed by atoms with E-state index in [1.807, 2.05) is 51.2 Å². The average molecular weight is 213 g/mol. The number of hydrogen-bond donors (Lipinski definition) is 1. The maximum absolute atomic E-state index is 12.3. The standard InChI is InChI=1S/C14H15NO/c1-9-6-4-5-7-12(9)14(16)13-10(2)8-15-11(13)3/h4-8,15H,1-3H3. The minimum Gasteiger partial charge on any atom is -0.364 e. The fourth-order valence-electron chi connectivity index (χ4n) is 1.97. The highest BCUT2D eigenvalue weighted by Crippen LogP contribution is 2.19. The van der Waals surface area contributed by atoms with Gasteiger partial charge in [0, 0.05) is 23.0 Å². The molecule has 0 aliphatic carbocycles. The number of nitrogens with one attached hydrogen (secondary N) is 1. The van der Waals surface area contributed by atoms with E-state index in [-0.39, 0.29) is 5.78 Å². The van der Waals surface area contributed by atoms with Crippen molar-refractivity contribution < 1.29 is 4.79 Å². The first-order chi connectivity index (χ1) is 7.61. The molecule has 1 aromatic heterocycles. The number of aromatic amines is 1. The summed E-state index contributed by atoms with van der Waals surface area (Å²) >= 11 is 0. The number of H-pyrrole nitrogens is 1. The lowest BCUT2D eigenvalue weighted by Crippen LogP contribution is -2.05. The fraction of sp³-hybridized carbons (Fsp3) is 0.214. The van der Waals surface area contributed by atoms with Gasteiger partial charge in [-0.25, -0.2) is 0 Å². The summed E-state index contributed by atoms with van der Waals surface area (Å²) < 4.78 is 0. The van der Waals surface area contributed by atoms with E-state index in [1.165, 1.54) is 0 Å². The van der Waals surface area contributed by atoms with Crippen LogP contribution in [0.15, 0.2) is 30.5 Å². The second-order valence-electron chi connectivity index (χ2n) is 4.12. The van der Waals surface area contributed by atoms with Gasteiger partial charge in [-0.15, -0.1) is 0 Å². The van der Waals surface area contributed by atoms with Gasteiger partial charge in [0.05, 0.1) is 0 Å². The minimum absolute atomic E-state index is 0.106. The predicted molar refractivity (Wildman–Crippen MR) is 64.9 cm³/mol. The molecular weight excluding hydrogens is 198 g/mol. The van der Waals surface area contributed by atoms with E-state index in [0.717, 1.165) is 27.9 Å². The van der Waals surface area contributed by atoms with E-state index < -0.39 is 0 Å². The van der Waals surface area contributed by atoms with Gasteiger partial charge in [0.15, 0.2) is 5.78 Å². The smallest absolute Gasteiger partial charge is 0.195 e. The van der Waals surface area contributed by atoms with Crippen molar-refractivity contribution in [2.75, 3.05) is 0 Å². The maximum atomic E-state index is 12.3. The molecule has 2 nitrogen and oxygen atoms in total. The van der Waals surface area contributed by atoms with Crippen LogP contribution < -0.4 is 0 Å². The summed E-state index contributed by atoms with van der Waals surface area (Å²) in [6.45, 7) is 5.85. The Kier molecular flexibility index (Phi) is 2.65. The number of rotatable bonds is 2. The third-order valence-corrected chi connectivity index (χ3v) is 2.89. The van der Waals surface area contributed by atoms with Crippen LogP contribution in [0.1, 0.15) is 32.7 Å². The highest BCUT2D eigenvalue weighted by atomic mass is 16.1. The molecule has 0 spiro atoms. The lowest BCUT2D eigenvalue weighted by Gasteiger charge is -2.05. The van der Waals surface area contributed by atoms with Gasteiger partial charge in [-0.1, -0.05) is 24.3 Å². The summed E-state index contributed by atoms with van der Waals surface area (Å²) in [6, 6.07) is 7.69. The molecule has 0 aliphatic heterocycles. The van der Waals surface area contributed by atoms with Crippen molar-refractivity contribution in [3.05, 3.63) is 58.4 Å². The van der Waals surface area contributed by atoms with Crippen LogP contribution in [0.25, 0.3) is 0 Å². The Hall–Kier alpha value is -1.83. The van der Waals surface area contributed by atoms with Gasteiger partial charge in [-0.2, -0.15) is 0 Å². The number of carbonyl (C=O) groups excluding carboxylic acids is 1. The van der Waals surface area contributed by atoms with Crippen molar-refractivity contribution in [2.45, 2.75) is 20.8 Å². The van der Waals surface area contributed by atoms with Crippen LogP contribution in [0.3, 0.4) is 0 Å². The predicted octanol–water partition coefficient (Wildman–Crippen LogP) is 3.17. The van der Waals surface area contributed by atoms with Crippen LogP contribution in [-0.2, 0) is 0 Å². The van der Waals surface area contributed by atoms with Crippen molar-refractivity contribution in [2.24, 2.45) is 0 Å². The number of benzene rings is 1. The lowest BCUT2D eigenvalue weighted by molar-refractivity contribution is 0.103. The molecule has 0 aliphatic rings. The number of aryl methyl sites for hydroxylation is 3. The second kappa shape index (κ2) is 3.97. The highest BCUT2D eigenvalue weighted by molar-refractivity contribution is 6.11. The first kappa shape index (κ1) is 10.7. The molecular formula is C14H15NO. The number of hydrogen-bond acceptors (Lipinski definition) is 1. The van der Waals surface area contributed by atoms with Gasteiger partial charge < -0.3 is 4.98 Å². The summed E-state index contributed by atoms with van der Waals surface area (Å²) in [5.74, 6) is 0.106. The van der Waals surface area contributed by atoms with E-state index in [4.69, 9.17) is 0 Å². The molecule has 82 valence electrons. The first-order valence-electron chi connectivity index (χ1n) is 5.36. The van der Waals surface area contributed by atoms with Crippen LogP contribution in [0.4, 0.5) is 0 Å². The lowest BCUT2D eigenvalue weighted by atomic mass is 9.97. The molecule has 0 amide bonds. The summed E-state index contributed by atoms with van der Waals surface area (Å²) in [7, 11) is 0. The van der Waals surface area contributed by atoms with Gasteiger partial charge in [0.1, 0.15) is 0 Å². The van der Waals surface area contributed by atoms with Crippen molar-refractivity contribution in [1.82, 2.24) is 4.98 Å². The summed E-state index contributed by atoms with van der Waals surface area (Å²) in [4.78, 5) is 15.4. The molecule has 0 saturated heterocycles. The Labute approximate surface area is 95.3 Å². The molecule has 0 fully saturated rings. The second-order valence-corrected chi connectivity index (χ2v) is 4.12. The average Bonchev–Trinajstić information content (AvgIpc) is 2.58. The Balaban J connectivity index is 2.52. The van der Waals surface area contributed by atoms with Gasteiger partial charge >= 0.3 is 0 Å². The zero-order chi connectivity index (χ0) is 11.7. The largest absolute Gasteiger partial charge is 0.364 e. The Morgan fingerprint density at radius 1 is 1.06 bits per heavy atom. The summed E-state index contributed by atoms with van der Waals surface area (Å²) in [6.07, 6.45) is 1.88. The number of aromatic nitrogens is 1. The molecule has 0 unspecified atom stereocenters. The molecule has 0 saturated carbocycles. The summed E-state index contributed by atoms with van der Waals surface area (Å²) in [5.41, 5.74) is 4.55. The van der Waals surface area contributed by atoms with Crippen LogP contribution in [0.2, 0.25) is 0 Å². The molecule has 2 rings (SSSR count). The van der Waals surface area contributed by atoms with Crippen molar-refractivity contribution in [1.29, 1.82) is 0 Å². The zero-order valence-electron chi connectivity index (χ0n) is 9.79. The normalized spacial score (nSPS) is 10.4. The monoisotopic (exact) mass is 213 g/mol. The molecule has 1 aromatic carbocycles. The van der Waals surface area contributed by atoms with Gasteiger partial charge in [0.25, 0.3) is 0 Å². The van der Waals surface area contributed by atoms with Crippen molar-refractivity contribution >= 4 is 5.78 Å². The molecule has 0 atom stereocenters. The Bertz CT molecular complexity index is 518. The highest BCUT2D eigenvalue weighted by Gasteiger charge is 2.16. The van der Waals surface area contributed by atoms with Crippen LogP contribution in [0.5, 0.6) is 0 Å². The van der Waals surface area contributed by atoms with E-state index in [2.05, 4.69) is 4.98 Å². The van der Waals surface area contributed by atoms with E-state index in [0.29, 0.717) is 0 Å². The SMILES string of the molecule is Cc1ccccc1C(=O)c1c(C)c[nH]c1C. The number of carbonyl (C=O) groups is 1. The molecule has 2 aromatic rings. The van der Waals surface area contributed by atoms with Gasteiger partial charge in [0.2, 0.25) is 0 Å². The fourth-order valence-corrected chi connectivity index (χ4v) is 1.97. The van der Waals surface area contributed by atoms with Crippen LogP contribution in [0, 0.1) is 20.8 Å². The number of ketones is 1. The summed E-state index contributed by atoms with van der Waals surface area (Å²) in [5, 5.41) is 0. The third kappa shape index (κ3) is 1.67. The van der Waals surface area contributed by atoms with Gasteiger partial charge in [-0.3, -0.25) is 4.79 Å². The topological polar surface area (TPSA) is 32.9 Å². The molecule has 0 bridgehead atoms. The Morgan fingerprint density at radius 2 is 1.75 bits per heavy atom. The van der Waals surface area contributed by atoms with Gasteiger partial charge in [-0.05, 0) is 31.9 Å². The van der Waals surface area contributed by atoms with Crippen LogP contribution >= 0.6 is 0 Å². The van der Waals surface area contributed by atoms with E-state index in [9.17, 15) is 4.79 Å². The molecule has 2 heteroatoms.